The first kappa shape index (κ1) is 31.5. The number of ketones is 1. The van der Waals surface area contributed by atoms with E-state index < -0.39 is 0 Å². The third-order valence-corrected chi connectivity index (χ3v) is 8.48. The van der Waals surface area contributed by atoms with Crippen molar-refractivity contribution >= 4 is 28.7 Å². The summed E-state index contributed by atoms with van der Waals surface area (Å²) in [5.41, 5.74) is 12.0. The number of benzene rings is 3. The molecular formula is C35H39N3O5S. The number of hydrogen-bond acceptors (Lipinski definition) is 8. The van der Waals surface area contributed by atoms with E-state index in [-0.39, 0.29) is 11.7 Å². The monoisotopic (exact) mass is 613 g/mol. The van der Waals surface area contributed by atoms with E-state index in [1.54, 1.807) is 11.3 Å². The van der Waals surface area contributed by atoms with Crippen LogP contribution < -0.4 is 15.4 Å². The van der Waals surface area contributed by atoms with Gasteiger partial charge in [0, 0.05) is 41.2 Å². The molecule has 2 N–H and O–H groups in total. The molecule has 5 rings (SSSR count). The molecule has 44 heavy (non-hydrogen) atoms. The van der Waals surface area contributed by atoms with Gasteiger partial charge >= 0.3 is 0 Å². The van der Waals surface area contributed by atoms with Gasteiger partial charge in [0.25, 0.3) is 5.91 Å². The van der Waals surface area contributed by atoms with Crippen LogP contribution in [-0.2, 0) is 33.5 Å². The molecule has 0 radical (unpaired) electrons. The number of Topliss-reactive ketones (excluding diaryl/α,β-unsaturated/α-hetero) is 1. The molecule has 8 nitrogen and oxygen atoms in total. The Morgan fingerprint density at radius 1 is 0.909 bits per heavy atom. The Kier molecular flexibility index (Phi) is 10.9. The summed E-state index contributed by atoms with van der Waals surface area (Å²) in [6.07, 6.45) is 1.43. The van der Waals surface area contributed by atoms with Crippen molar-refractivity contribution in [1.82, 2.24) is 4.98 Å². The third-order valence-electron chi connectivity index (χ3n) is 7.51. The summed E-state index contributed by atoms with van der Waals surface area (Å²) in [5, 5.41) is 0.813. The SMILES string of the molecule is Cc1ccccc1C(=O)N1CCc2cc(-c3nc(CC(=O)Cc4ccc(OCCOCCOCCN)cc4)sc3C)ccc21. The first-order valence-corrected chi connectivity index (χ1v) is 15.8. The minimum atomic E-state index is 0.0354. The Morgan fingerprint density at radius 2 is 1.66 bits per heavy atom. The lowest BCUT2D eigenvalue weighted by molar-refractivity contribution is -0.117. The van der Waals surface area contributed by atoms with Crippen LogP contribution in [0.1, 0.15) is 36.9 Å². The van der Waals surface area contributed by atoms with E-state index in [1.165, 1.54) is 0 Å². The molecule has 0 saturated heterocycles. The fraction of sp³-hybridized carbons (Fsp3) is 0.343. The van der Waals surface area contributed by atoms with Gasteiger partial charge in [-0.3, -0.25) is 9.59 Å². The average molecular weight is 614 g/mol. The maximum absolute atomic E-state index is 13.3. The van der Waals surface area contributed by atoms with Gasteiger partial charge in [-0.05, 0) is 67.3 Å². The quantitative estimate of drug-likeness (QED) is 0.180. The first-order chi connectivity index (χ1) is 21.4. The molecule has 0 atom stereocenters. The van der Waals surface area contributed by atoms with Gasteiger partial charge in [0.05, 0.1) is 38.5 Å². The molecule has 0 spiro atoms. The first-order valence-electron chi connectivity index (χ1n) is 15.0. The Morgan fingerprint density at radius 3 is 2.43 bits per heavy atom. The molecule has 9 heteroatoms. The molecule has 0 bridgehead atoms. The second kappa shape index (κ2) is 15.2. The van der Waals surface area contributed by atoms with E-state index in [0.717, 1.165) is 61.3 Å². The Hall–Kier alpha value is -3.89. The van der Waals surface area contributed by atoms with Crippen molar-refractivity contribution in [3.8, 4) is 17.0 Å². The van der Waals surface area contributed by atoms with Gasteiger partial charge in [0.1, 0.15) is 23.1 Å². The summed E-state index contributed by atoms with van der Waals surface area (Å²) < 4.78 is 16.5. The van der Waals surface area contributed by atoms with Crippen molar-refractivity contribution in [1.29, 1.82) is 0 Å². The predicted octanol–water partition coefficient (Wildman–Crippen LogP) is 5.35. The number of thiazole rings is 1. The fourth-order valence-electron chi connectivity index (χ4n) is 5.30. The second-order valence-corrected chi connectivity index (χ2v) is 12.1. The van der Waals surface area contributed by atoms with Gasteiger partial charge in [-0.15, -0.1) is 11.3 Å². The molecular weight excluding hydrogens is 574 g/mol. The van der Waals surface area contributed by atoms with Crippen molar-refractivity contribution in [2.45, 2.75) is 33.1 Å². The van der Waals surface area contributed by atoms with Crippen LogP contribution in [0.15, 0.2) is 66.7 Å². The van der Waals surface area contributed by atoms with E-state index in [1.807, 2.05) is 79.4 Å². The van der Waals surface area contributed by atoms with Crippen molar-refractivity contribution in [3.05, 3.63) is 98.9 Å². The highest BCUT2D eigenvalue weighted by atomic mass is 32.1. The Balaban J connectivity index is 1.13. The summed E-state index contributed by atoms with van der Waals surface area (Å²) in [7, 11) is 0. The van der Waals surface area contributed by atoms with Gasteiger partial charge in [0.15, 0.2) is 0 Å². The van der Waals surface area contributed by atoms with Gasteiger partial charge < -0.3 is 24.8 Å². The smallest absolute Gasteiger partial charge is 0.258 e. The lowest BCUT2D eigenvalue weighted by Gasteiger charge is -2.18. The highest BCUT2D eigenvalue weighted by Crippen LogP contribution is 2.35. The van der Waals surface area contributed by atoms with Crippen LogP contribution in [0.4, 0.5) is 5.69 Å². The van der Waals surface area contributed by atoms with Crippen molar-refractivity contribution in [3.63, 3.8) is 0 Å². The summed E-state index contributed by atoms with van der Waals surface area (Å²) in [5.74, 6) is 0.887. The van der Waals surface area contributed by atoms with Gasteiger partial charge in [0.2, 0.25) is 0 Å². The zero-order chi connectivity index (χ0) is 30.9. The lowest BCUT2D eigenvalue weighted by atomic mass is 10.0. The van der Waals surface area contributed by atoms with Crippen LogP contribution in [0, 0.1) is 13.8 Å². The van der Waals surface area contributed by atoms with Crippen LogP contribution in [0.25, 0.3) is 11.3 Å². The van der Waals surface area contributed by atoms with Gasteiger partial charge in [-0.25, -0.2) is 4.98 Å². The number of aryl methyl sites for hydroxylation is 2. The maximum atomic E-state index is 13.3. The summed E-state index contributed by atoms with van der Waals surface area (Å²) in [6.45, 7) is 7.65. The Labute approximate surface area is 262 Å². The van der Waals surface area contributed by atoms with Crippen LogP contribution in [0.2, 0.25) is 0 Å². The number of rotatable bonds is 15. The molecule has 1 aliphatic heterocycles. The minimum Gasteiger partial charge on any atom is -0.491 e. The highest BCUT2D eigenvalue weighted by Gasteiger charge is 2.27. The molecule has 1 aliphatic rings. The second-order valence-electron chi connectivity index (χ2n) is 10.8. The van der Waals surface area contributed by atoms with Gasteiger partial charge in [-0.1, -0.05) is 36.4 Å². The average Bonchev–Trinajstić information content (AvgIpc) is 3.61. The van der Waals surface area contributed by atoms with E-state index in [2.05, 4.69) is 6.07 Å². The molecule has 1 aromatic heterocycles. The van der Waals surface area contributed by atoms with E-state index in [0.29, 0.717) is 59.0 Å². The zero-order valence-electron chi connectivity index (χ0n) is 25.3. The Bertz CT molecular complexity index is 1580. The molecule has 2 heterocycles. The standard InChI is InChI=1S/C35H39N3O5S/c1-24-5-3-4-6-31(24)35(40)38-15-13-27-22-28(9-12-32(27)38)34-25(2)44-33(37-34)23-29(39)21-26-7-10-30(11-8-26)43-20-19-42-18-17-41-16-14-36/h3-12,22H,13-21,23,36H2,1-2H3. The van der Waals surface area contributed by atoms with Crippen LogP contribution in [0.5, 0.6) is 5.75 Å². The number of carbonyl (C=O) groups is 2. The van der Waals surface area contributed by atoms with Crippen LogP contribution in [0.3, 0.4) is 0 Å². The van der Waals surface area contributed by atoms with E-state index >= 15 is 0 Å². The molecule has 3 aromatic carbocycles. The van der Waals surface area contributed by atoms with Crippen LogP contribution >= 0.6 is 11.3 Å². The number of hydrogen-bond donors (Lipinski definition) is 1. The molecule has 1 amide bonds. The number of aromatic nitrogens is 1. The number of ether oxygens (including phenoxy) is 3. The van der Waals surface area contributed by atoms with Gasteiger partial charge in [-0.2, -0.15) is 0 Å². The summed E-state index contributed by atoms with van der Waals surface area (Å²) >= 11 is 1.56. The maximum Gasteiger partial charge on any atom is 0.258 e. The molecule has 0 fully saturated rings. The van der Waals surface area contributed by atoms with E-state index in [4.69, 9.17) is 24.9 Å². The number of fused-ring (bicyclic) bond motifs is 1. The lowest BCUT2D eigenvalue weighted by Crippen LogP contribution is -2.29. The van der Waals surface area contributed by atoms with Crippen molar-refractivity contribution in [2.24, 2.45) is 5.73 Å². The molecule has 0 unspecified atom stereocenters. The third kappa shape index (κ3) is 7.98. The van der Waals surface area contributed by atoms with Crippen LogP contribution in [-0.4, -0.2) is 62.8 Å². The zero-order valence-corrected chi connectivity index (χ0v) is 26.2. The molecule has 0 aliphatic carbocycles. The van der Waals surface area contributed by atoms with Crippen molar-refractivity contribution in [2.75, 3.05) is 51.0 Å². The molecule has 4 aromatic rings. The predicted molar refractivity (Wildman–Crippen MR) is 174 cm³/mol. The number of nitrogens with two attached hydrogens (primary N) is 1. The number of carbonyl (C=O) groups excluding carboxylic acids is 2. The van der Waals surface area contributed by atoms with E-state index in [9.17, 15) is 9.59 Å². The highest BCUT2D eigenvalue weighted by molar-refractivity contribution is 7.12. The number of anilines is 1. The minimum absolute atomic E-state index is 0.0354. The number of nitrogens with zero attached hydrogens (tertiary/aromatic N) is 2. The largest absolute Gasteiger partial charge is 0.491 e. The normalized spacial score (nSPS) is 12.4. The topological polar surface area (TPSA) is 104 Å². The fourth-order valence-corrected chi connectivity index (χ4v) is 6.28. The number of amides is 1. The summed E-state index contributed by atoms with van der Waals surface area (Å²) in [4.78, 5) is 34.0. The molecule has 0 saturated carbocycles. The van der Waals surface area contributed by atoms with Crippen molar-refractivity contribution < 1.29 is 23.8 Å². The summed E-state index contributed by atoms with van der Waals surface area (Å²) in [6, 6.07) is 21.5. The molecule has 230 valence electrons.